The Kier molecular flexibility index (Phi) is 8.51. The molecular weight excluding hydrogens is 298 g/mol. The molecule has 1 aliphatic heterocycles. The van der Waals surface area contributed by atoms with Gasteiger partial charge in [-0.3, -0.25) is 9.69 Å². The maximum atomic E-state index is 12.4. The van der Waals surface area contributed by atoms with Crippen molar-refractivity contribution in [1.82, 2.24) is 4.90 Å². The molecule has 22 heavy (non-hydrogen) atoms. The van der Waals surface area contributed by atoms with Gasteiger partial charge in [0, 0.05) is 6.54 Å². The molecule has 124 valence electrons. The van der Waals surface area contributed by atoms with E-state index in [1.807, 2.05) is 30.3 Å². The zero-order valence-electron chi connectivity index (χ0n) is 13.7. The second kappa shape index (κ2) is 9.86. The van der Waals surface area contributed by atoms with Gasteiger partial charge in [0.15, 0.2) is 0 Å². The molecule has 1 aromatic carbocycles. The number of benzene rings is 1. The first-order valence-corrected chi connectivity index (χ1v) is 8.10. The van der Waals surface area contributed by atoms with Gasteiger partial charge in [-0.15, -0.1) is 12.4 Å². The lowest BCUT2D eigenvalue weighted by atomic mass is 9.90. The Bertz CT molecular complexity index is 430. The molecule has 0 spiro atoms. The summed E-state index contributed by atoms with van der Waals surface area (Å²) in [6.45, 7) is 7.97. The van der Waals surface area contributed by atoms with Crippen molar-refractivity contribution >= 4 is 18.4 Å². The molecule has 0 N–H and O–H groups in total. The van der Waals surface area contributed by atoms with Crippen LogP contribution in [0.15, 0.2) is 30.3 Å². The maximum absolute atomic E-state index is 12.4. The third-order valence-electron chi connectivity index (χ3n) is 4.04. The van der Waals surface area contributed by atoms with Crippen LogP contribution < -0.4 is 0 Å². The second-order valence-corrected chi connectivity index (χ2v) is 6.31. The monoisotopic (exact) mass is 325 g/mol. The SMILES string of the molecule is CC(C)CC(C(=O)OCCN1CCCC1)c1ccccc1.Cl. The predicted octanol–water partition coefficient (Wildman–Crippen LogP) is 3.88. The molecule has 3 nitrogen and oxygen atoms in total. The molecular formula is C18H28ClNO2. The summed E-state index contributed by atoms with van der Waals surface area (Å²) in [6, 6.07) is 10.00. The molecule has 0 radical (unpaired) electrons. The molecule has 1 fully saturated rings. The van der Waals surface area contributed by atoms with Crippen LogP contribution in [0.1, 0.15) is 44.6 Å². The number of hydrogen-bond donors (Lipinski definition) is 0. The smallest absolute Gasteiger partial charge is 0.313 e. The third-order valence-corrected chi connectivity index (χ3v) is 4.04. The lowest BCUT2D eigenvalue weighted by molar-refractivity contribution is -0.146. The number of nitrogens with zero attached hydrogens (tertiary/aromatic N) is 1. The van der Waals surface area contributed by atoms with E-state index in [4.69, 9.17) is 4.74 Å². The standard InChI is InChI=1S/C18H27NO2.ClH/c1-15(2)14-17(16-8-4-3-5-9-16)18(20)21-13-12-19-10-6-7-11-19;/h3-5,8-9,15,17H,6-7,10-14H2,1-2H3;1H. The number of likely N-dealkylation sites (tertiary alicyclic amines) is 1. The zero-order chi connectivity index (χ0) is 15.1. The van der Waals surface area contributed by atoms with Gasteiger partial charge in [0.25, 0.3) is 0 Å². The fourth-order valence-electron chi connectivity index (χ4n) is 2.91. The summed E-state index contributed by atoms with van der Waals surface area (Å²) in [5.41, 5.74) is 1.07. The Morgan fingerprint density at radius 2 is 1.82 bits per heavy atom. The summed E-state index contributed by atoms with van der Waals surface area (Å²) in [5, 5.41) is 0. The van der Waals surface area contributed by atoms with E-state index < -0.39 is 0 Å². The van der Waals surface area contributed by atoms with Crippen LogP contribution in [0.3, 0.4) is 0 Å². The van der Waals surface area contributed by atoms with Gasteiger partial charge < -0.3 is 4.74 Å². The van der Waals surface area contributed by atoms with Crippen molar-refractivity contribution in [2.75, 3.05) is 26.2 Å². The molecule has 2 rings (SSSR count). The van der Waals surface area contributed by atoms with Crippen LogP contribution >= 0.6 is 12.4 Å². The number of esters is 1. The number of ether oxygens (including phenoxy) is 1. The topological polar surface area (TPSA) is 29.5 Å². The highest BCUT2D eigenvalue weighted by Gasteiger charge is 2.23. The summed E-state index contributed by atoms with van der Waals surface area (Å²) >= 11 is 0. The second-order valence-electron chi connectivity index (χ2n) is 6.31. The van der Waals surface area contributed by atoms with Crippen molar-refractivity contribution in [3.63, 3.8) is 0 Å². The van der Waals surface area contributed by atoms with Crippen molar-refractivity contribution in [2.45, 2.75) is 39.0 Å². The van der Waals surface area contributed by atoms with Crippen LogP contribution in [-0.4, -0.2) is 37.1 Å². The first-order chi connectivity index (χ1) is 10.2. The molecule has 1 heterocycles. The van der Waals surface area contributed by atoms with Gasteiger partial charge in [0.05, 0.1) is 5.92 Å². The van der Waals surface area contributed by atoms with Crippen molar-refractivity contribution in [3.05, 3.63) is 35.9 Å². The lowest BCUT2D eigenvalue weighted by Gasteiger charge is -2.20. The molecule has 4 heteroatoms. The van der Waals surface area contributed by atoms with E-state index in [1.54, 1.807) is 0 Å². The van der Waals surface area contributed by atoms with Gasteiger partial charge in [-0.05, 0) is 43.8 Å². The van der Waals surface area contributed by atoms with Crippen molar-refractivity contribution in [1.29, 1.82) is 0 Å². The minimum Gasteiger partial charge on any atom is -0.464 e. The highest BCUT2D eigenvalue weighted by molar-refractivity contribution is 5.85. The Balaban J connectivity index is 0.00000242. The molecule has 1 atom stereocenters. The van der Waals surface area contributed by atoms with Crippen LogP contribution in [0.25, 0.3) is 0 Å². The first-order valence-electron chi connectivity index (χ1n) is 8.10. The highest BCUT2D eigenvalue weighted by Crippen LogP contribution is 2.25. The minimum absolute atomic E-state index is 0. The fraction of sp³-hybridized carbons (Fsp3) is 0.611. The minimum atomic E-state index is -0.134. The van der Waals surface area contributed by atoms with Crippen molar-refractivity contribution < 1.29 is 9.53 Å². The summed E-state index contributed by atoms with van der Waals surface area (Å²) in [4.78, 5) is 14.8. The fourth-order valence-corrected chi connectivity index (χ4v) is 2.91. The van der Waals surface area contributed by atoms with Crippen LogP contribution in [0.2, 0.25) is 0 Å². The number of carbonyl (C=O) groups excluding carboxylic acids is 1. The number of carbonyl (C=O) groups is 1. The zero-order valence-corrected chi connectivity index (χ0v) is 14.5. The average molecular weight is 326 g/mol. The third kappa shape index (κ3) is 5.98. The number of halogens is 1. The van der Waals surface area contributed by atoms with Gasteiger partial charge in [-0.2, -0.15) is 0 Å². The van der Waals surface area contributed by atoms with Crippen LogP contribution in [-0.2, 0) is 9.53 Å². The summed E-state index contributed by atoms with van der Waals surface area (Å²) in [5.74, 6) is 0.264. The Hall–Kier alpha value is -1.06. The van der Waals surface area contributed by atoms with E-state index in [2.05, 4.69) is 18.7 Å². The highest BCUT2D eigenvalue weighted by atomic mass is 35.5. The van der Waals surface area contributed by atoms with Gasteiger partial charge in [0.1, 0.15) is 6.61 Å². The van der Waals surface area contributed by atoms with Gasteiger partial charge in [-0.1, -0.05) is 44.2 Å². The summed E-state index contributed by atoms with van der Waals surface area (Å²) in [7, 11) is 0. The molecule has 1 saturated heterocycles. The molecule has 1 aromatic rings. The van der Waals surface area contributed by atoms with Crippen molar-refractivity contribution in [3.8, 4) is 0 Å². The van der Waals surface area contributed by atoms with Gasteiger partial charge in [0.2, 0.25) is 0 Å². The van der Waals surface area contributed by atoms with E-state index in [1.165, 1.54) is 12.8 Å². The average Bonchev–Trinajstić information content (AvgIpc) is 2.98. The van der Waals surface area contributed by atoms with E-state index >= 15 is 0 Å². The maximum Gasteiger partial charge on any atom is 0.313 e. The molecule has 0 bridgehead atoms. The Morgan fingerprint density at radius 3 is 2.41 bits per heavy atom. The molecule has 0 aliphatic carbocycles. The van der Waals surface area contributed by atoms with E-state index in [9.17, 15) is 4.79 Å². The van der Waals surface area contributed by atoms with Crippen molar-refractivity contribution in [2.24, 2.45) is 5.92 Å². The Labute approximate surface area is 140 Å². The van der Waals surface area contributed by atoms with Crippen LogP contribution in [0.5, 0.6) is 0 Å². The largest absolute Gasteiger partial charge is 0.464 e. The molecule has 0 amide bonds. The van der Waals surface area contributed by atoms with E-state index in [0.29, 0.717) is 12.5 Å². The van der Waals surface area contributed by atoms with Crippen LogP contribution in [0.4, 0.5) is 0 Å². The van der Waals surface area contributed by atoms with Gasteiger partial charge >= 0.3 is 5.97 Å². The quantitative estimate of drug-likeness (QED) is 0.713. The Morgan fingerprint density at radius 1 is 1.18 bits per heavy atom. The first kappa shape index (κ1) is 19.0. The molecule has 0 saturated carbocycles. The number of hydrogen-bond acceptors (Lipinski definition) is 3. The number of rotatable bonds is 7. The molecule has 1 unspecified atom stereocenters. The molecule has 0 aromatic heterocycles. The normalized spacial score (nSPS) is 16.3. The molecule has 1 aliphatic rings. The summed E-state index contributed by atoms with van der Waals surface area (Å²) in [6.07, 6.45) is 3.38. The van der Waals surface area contributed by atoms with E-state index in [0.717, 1.165) is 31.6 Å². The van der Waals surface area contributed by atoms with E-state index in [-0.39, 0.29) is 24.3 Å². The lowest BCUT2D eigenvalue weighted by Crippen LogP contribution is -2.27. The summed E-state index contributed by atoms with van der Waals surface area (Å²) < 4.78 is 5.54. The van der Waals surface area contributed by atoms with Gasteiger partial charge in [-0.25, -0.2) is 0 Å². The predicted molar refractivity (Wildman–Crippen MR) is 92.5 cm³/mol. The van der Waals surface area contributed by atoms with Crippen LogP contribution in [0, 0.1) is 5.92 Å².